The number of carbonyl (C=O) groups excluding carboxylic acids is 1. The van der Waals surface area contributed by atoms with Crippen LogP contribution in [-0.2, 0) is 15.3 Å². The fraction of sp³-hybridized carbons (Fsp3) is 0.250. The highest BCUT2D eigenvalue weighted by molar-refractivity contribution is 9.10. The van der Waals surface area contributed by atoms with Gasteiger partial charge in [0.2, 0.25) is 5.78 Å². The van der Waals surface area contributed by atoms with Gasteiger partial charge in [-0.1, -0.05) is 78.4 Å². The van der Waals surface area contributed by atoms with Gasteiger partial charge in [0.05, 0.1) is 10.3 Å². The first-order valence-electron chi connectivity index (χ1n) is 10.5. The minimum Gasteiger partial charge on any atom is -0.476 e. The Labute approximate surface area is 214 Å². The number of benzene rings is 2. The Bertz CT molecular complexity index is 1340. The van der Waals surface area contributed by atoms with Gasteiger partial charge in [0.15, 0.2) is 22.6 Å². The number of ketones is 1. The molecule has 5 unspecified atom stereocenters. The molecule has 2 heterocycles. The molecule has 0 saturated heterocycles. The molecular formula is C24H23BrClN2O4PS. The van der Waals surface area contributed by atoms with Crippen molar-refractivity contribution in [3.05, 3.63) is 93.2 Å². The molecule has 2 aromatic carbocycles. The van der Waals surface area contributed by atoms with E-state index in [0.717, 1.165) is 10.0 Å². The van der Waals surface area contributed by atoms with Crippen LogP contribution in [0.4, 0.5) is 0 Å². The summed E-state index contributed by atoms with van der Waals surface area (Å²) in [6.45, 7) is 0. The largest absolute Gasteiger partial charge is 0.476 e. The topological polar surface area (TPSA) is 79.7 Å². The lowest BCUT2D eigenvalue weighted by Gasteiger charge is -2.68. The summed E-state index contributed by atoms with van der Waals surface area (Å²) in [5, 5.41) is 11.7. The molecule has 2 aliphatic rings. The molecule has 1 fully saturated rings. The van der Waals surface area contributed by atoms with E-state index in [-0.39, 0.29) is 11.4 Å². The van der Waals surface area contributed by atoms with Crippen LogP contribution < -0.4 is 4.74 Å². The fourth-order valence-corrected chi connectivity index (χ4v) is 8.98. The number of halogens is 2. The monoisotopic (exact) mass is 580 g/mol. The summed E-state index contributed by atoms with van der Waals surface area (Å²) in [6, 6.07) is 18.2. The van der Waals surface area contributed by atoms with Gasteiger partial charge < -0.3 is 9.84 Å². The normalized spacial score (nSPS) is 28.5. The van der Waals surface area contributed by atoms with Crippen LogP contribution in [0.1, 0.15) is 27.5 Å². The number of aliphatic hydroxyl groups is 1. The summed E-state index contributed by atoms with van der Waals surface area (Å²) < 4.78 is 23.1. The zero-order chi connectivity index (χ0) is 24.5. The quantitative estimate of drug-likeness (QED) is 0.358. The van der Waals surface area contributed by atoms with Gasteiger partial charge in [0.1, 0.15) is 0 Å². The standard InChI is InChI=1S/C24H23BrClN2O4PS/c1-28(2)34(31,33)22-19(14-6-4-3-5-7-14)24(15-8-10-16(25)11-9-15)23(22,30)21(29)20-18(32-24)12-17(26)13-27-20/h3-13,19,22,30,34H,33H2,1-2H3. The number of pyridine rings is 1. The van der Waals surface area contributed by atoms with Gasteiger partial charge in [-0.05, 0) is 47.1 Å². The molecule has 1 aliphatic carbocycles. The van der Waals surface area contributed by atoms with Crippen molar-refractivity contribution in [2.75, 3.05) is 14.1 Å². The van der Waals surface area contributed by atoms with Crippen molar-refractivity contribution < 1.29 is 18.8 Å². The van der Waals surface area contributed by atoms with E-state index < -0.39 is 37.9 Å². The molecule has 6 nitrogen and oxygen atoms in total. The molecule has 3 aromatic rings. The second-order valence-corrected chi connectivity index (χ2v) is 15.1. The highest BCUT2D eigenvalue weighted by Crippen LogP contribution is 2.68. The lowest BCUT2D eigenvalue weighted by atomic mass is 9.49. The first kappa shape index (κ1) is 24.0. The number of rotatable bonds is 4. The maximum absolute atomic E-state index is 14.2. The summed E-state index contributed by atoms with van der Waals surface area (Å²) in [5.74, 6) is -1.05. The lowest BCUT2D eigenvalue weighted by Crippen LogP contribution is -2.84. The SMILES string of the molecule is CN(C)[SH](=O)(P)C1C(c2ccccc2)C2(c3ccc(Br)cc3)Oc3cc(Cl)cnc3C(=O)C12O. The molecule has 0 radical (unpaired) electrons. The predicted octanol–water partition coefficient (Wildman–Crippen LogP) is 4.15. The van der Waals surface area contributed by atoms with E-state index in [4.69, 9.17) is 16.3 Å². The second-order valence-electron chi connectivity index (χ2n) is 8.79. The molecule has 1 N–H and O–H groups in total. The average molecular weight is 582 g/mol. The Hall–Kier alpha value is -1.67. The third-order valence-electron chi connectivity index (χ3n) is 6.86. The Morgan fingerprint density at radius 1 is 1.18 bits per heavy atom. The number of ether oxygens (including phenoxy) is 1. The van der Waals surface area contributed by atoms with Crippen molar-refractivity contribution in [3.63, 3.8) is 0 Å². The van der Waals surface area contributed by atoms with Gasteiger partial charge in [-0.2, -0.15) is 0 Å². The summed E-state index contributed by atoms with van der Waals surface area (Å²) in [5.41, 5.74) is -2.32. The van der Waals surface area contributed by atoms with Gasteiger partial charge in [-0.3, -0.25) is 9.00 Å². The van der Waals surface area contributed by atoms with Crippen molar-refractivity contribution in [2.24, 2.45) is 0 Å². The van der Waals surface area contributed by atoms with Gasteiger partial charge >= 0.3 is 0 Å². The molecule has 5 rings (SSSR count). The Morgan fingerprint density at radius 3 is 2.44 bits per heavy atom. The smallest absolute Gasteiger partial charge is 0.222 e. The van der Waals surface area contributed by atoms with Crippen molar-refractivity contribution in [2.45, 2.75) is 22.4 Å². The molecule has 0 amide bonds. The number of aromatic nitrogens is 1. The highest BCUT2D eigenvalue weighted by Gasteiger charge is 2.82. The number of fused-ring (bicyclic) bond motifs is 2. The average Bonchev–Trinajstić information content (AvgIpc) is 2.80. The molecule has 10 heteroatoms. The van der Waals surface area contributed by atoms with Crippen LogP contribution in [0.2, 0.25) is 5.02 Å². The van der Waals surface area contributed by atoms with Crippen LogP contribution in [0.3, 0.4) is 0 Å². The van der Waals surface area contributed by atoms with Crippen LogP contribution in [-0.4, -0.2) is 49.3 Å². The van der Waals surface area contributed by atoms with Crippen LogP contribution in [0.25, 0.3) is 0 Å². The van der Waals surface area contributed by atoms with Crippen LogP contribution >= 0.6 is 36.0 Å². The van der Waals surface area contributed by atoms with Crippen molar-refractivity contribution in [1.82, 2.24) is 9.29 Å². The first-order valence-corrected chi connectivity index (χ1v) is 15.1. The molecule has 178 valence electrons. The van der Waals surface area contributed by atoms with Gasteiger partial charge in [-0.25, -0.2) is 9.29 Å². The maximum Gasteiger partial charge on any atom is 0.222 e. The zero-order valence-corrected chi connectivity index (χ0v) is 22.7. The maximum atomic E-state index is 14.2. The lowest BCUT2D eigenvalue weighted by molar-refractivity contribution is -0.202. The van der Waals surface area contributed by atoms with Crippen LogP contribution in [0.15, 0.2) is 71.3 Å². The molecular weight excluding hydrogens is 559 g/mol. The van der Waals surface area contributed by atoms with E-state index in [1.807, 2.05) is 42.5 Å². The van der Waals surface area contributed by atoms with Crippen molar-refractivity contribution in [3.8, 4) is 5.75 Å². The van der Waals surface area contributed by atoms with Crippen LogP contribution in [0, 0.1) is 0 Å². The summed E-state index contributed by atoms with van der Waals surface area (Å²) >= 11 is 9.64. The minimum absolute atomic E-state index is 0.0279. The predicted molar refractivity (Wildman–Crippen MR) is 141 cm³/mol. The Kier molecular flexibility index (Phi) is 5.79. The van der Waals surface area contributed by atoms with Gasteiger partial charge in [-0.15, -0.1) is 0 Å². The zero-order valence-electron chi connectivity index (χ0n) is 18.4. The third-order valence-corrected chi connectivity index (χ3v) is 12.7. The Balaban J connectivity index is 1.86. The highest BCUT2D eigenvalue weighted by atomic mass is 79.9. The number of hydrogen-bond donors (Lipinski definition) is 2. The molecule has 1 saturated carbocycles. The molecule has 0 bridgehead atoms. The Morgan fingerprint density at radius 2 is 1.82 bits per heavy atom. The number of carbonyl (C=O) groups is 1. The van der Waals surface area contributed by atoms with Crippen LogP contribution in [0.5, 0.6) is 5.75 Å². The molecule has 1 aliphatic heterocycles. The van der Waals surface area contributed by atoms with E-state index in [2.05, 4.69) is 29.4 Å². The van der Waals surface area contributed by atoms with E-state index in [1.54, 1.807) is 30.5 Å². The summed E-state index contributed by atoms with van der Waals surface area (Å²) in [6.07, 6.45) is 1.34. The number of hydrogen-bond acceptors (Lipinski definition) is 5. The molecule has 0 spiro atoms. The number of thiol groups is 1. The van der Waals surface area contributed by atoms with Gasteiger partial charge in [0.25, 0.3) is 0 Å². The minimum atomic E-state index is -3.34. The third kappa shape index (κ3) is 3.13. The number of Topliss-reactive ketones (excluding diaryl/α,β-unsaturated/α-hetero) is 1. The summed E-state index contributed by atoms with van der Waals surface area (Å²) in [4.78, 5) is 18.2. The number of nitrogens with zero attached hydrogens (tertiary/aromatic N) is 2. The van der Waals surface area contributed by atoms with E-state index >= 15 is 0 Å². The molecule has 34 heavy (non-hydrogen) atoms. The fourth-order valence-electron chi connectivity index (χ4n) is 5.25. The van der Waals surface area contributed by atoms with E-state index in [9.17, 15) is 14.1 Å². The first-order chi connectivity index (χ1) is 16.0. The van der Waals surface area contributed by atoms with E-state index in [0.29, 0.717) is 10.6 Å². The van der Waals surface area contributed by atoms with E-state index in [1.165, 1.54) is 12.3 Å². The second kappa shape index (κ2) is 8.19. The molecule has 5 atom stereocenters. The van der Waals surface area contributed by atoms with Crippen molar-refractivity contribution >= 4 is 51.5 Å². The van der Waals surface area contributed by atoms with Crippen molar-refractivity contribution in [1.29, 1.82) is 0 Å². The summed E-state index contributed by atoms with van der Waals surface area (Å²) in [7, 11) is 2.43. The van der Waals surface area contributed by atoms with Gasteiger partial charge in [0, 0.05) is 22.7 Å². The molecule has 1 aromatic heterocycles.